The standard InChI is InChI=1S/C8H14N2O3/c1-4(2)6(8(12)13)10-7(11)5(3)9/h5H,9H2,1-3H3,(H,10,11)(H,12,13). The van der Waals surface area contributed by atoms with Gasteiger partial charge in [0.1, 0.15) is 5.70 Å². The fourth-order valence-electron chi connectivity index (χ4n) is 0.629. The van der Waals surface area contributed by atoms with E-state index in [1.807, 2.05) is 0 Å². The molecule has 1 amide bonds. The number of amides is 1. The second-order valence-corrected chi connectivity index (χ2v) is 2.96. The molecule has 74 valence electrons. The van der Waals surface area contributed by atoms with Crippen molar-refractivity contribution in [3.63, 3.8) is 0 Å². The van der Waals surface area contributed by atoms with E-state index in [1.54, 1.807) is 13.8 Å². The van der Waals surface area contributed by atoms with E-state index in [2.05, 4.69) is 5.32 Å². The van der Waals surface area contributed by atoms with Crippen molar-refractivity contribution in [1.29, 1.82) is 0 Å². The van der Waals surface area contributed by atoms with Crippen molar-refractivity contribution in [1.82, 2.24) is 5.32 Å². The van der Waals surface area contributed by atoms with Gasteiger partial charge >= 0.3 is 5.97 Å². The number of carbonyl (C=O) groups is 2. The molecule has 5 heteroatoms. The third kappa shape index (κ3) is 3.71. The zero-order valence-electron chi connectivity index (χ0n) is 7.92. The molecule has 0 saturated heterocycles. The molecule has 0 aliphatic rings. The Morgan fingerprint density at radius 2 is 1.85 bits per heavy atom. The number of nitrogens with one attached hydrogen (secondary N) is 1. The van der Waals surface area contributed by atoms with Crippen LogP contribution in [-0.4, -0.2) is 23.0 Å². The molecular formula is C8H14N2O3. The van der Waals surface area contributed by atoms with Crippen molar-refractivity contribution >= 4 is 11.9 Å². The number of allylic oxidation sites excluding steroid dienone is 1. The van der Waals surface area contributed by atoms with Crippen LogP contribution in [0.2, 0.25) is 0 Å². The fraction of sp³-hybridized carbons (Fsp3) is 0.500. The zero-order chi connectivity index (χ0) is 10.6. The molecule has 0 spiro atoms. The molecule has 0 radical (unpaired) electrons. The first-order valence-corrected chi connectivity index (χ1v) is 3.83. The fourth-order valence-corrected chi connectivity index (χ4v) is 0.629. The Morgan fingerprint density at radius 3 is 2.08 bits per heavy atom. The van der Waals surface area contributed by atoms with Crippen LogP contribution in [0.5, 0.6) is 0 Å². The van der Waals surface area contributed by atoms with Gasteiger partial charge in [-0.1, -0.05) is 0 Å². The summed E-state index contributed by atoms with van der Waals surface area (Å²) in [7, 11) is 0. The minimum Gasteiger partial charge on any atom is -0.477 e. The van der Waals surface area contributed by atoms with E-state index < -0.39 is 17.9 Å². The predicted octanol–water partition coefficient (Wildman–Crippen LogP) is -0.172. The Morgan fingerprint density at radius 1 is 1.38 bits per heavy atom. The topological polar surface area (TPSA) is 92.4 Å². The summed E-state index contributed by atoms with van der Waals surface area (Å²) in [6.07, 6.45) is 0. The Balaban J connectivity index is 4.57. The number of carboxylic acid groups (broad SMARTS) is 1. The van der Waals surface area contributed by atoms with Gasteiger partial charge in [0.25, 0.3) is 0 Å². The van der Waals surface area contributed by atoms with Crippen LogP contribution in [-0.2, 0) is 9.59 Å². The van der Waals surface area contributed by atoms with E-state index in [0.717, 1.165) is 0 Å². The molecule has 0 aromatic heterocycles. The molecule has 0 rings (SSSR count). The number of carbonyl (C=O) groups excluding carboxylic acids is 1. The van der Waals surface area contributed by atoms with E-state index >= 15 is 0 Å². The van der Waals surface area contributed by atoms with Gasteiger partial charge in [-0.05, 0) is 26.3 Å². The summed E-state index contributed by atoms with van der Waals surface area (Å²) in [5, 5.41) is 10.9. The zero-order valence-corrected chi connectivity index (χ0v) is 7.92. The van der Waals surface area contributed by atoms with Crippen LogP contribution in [0.25, 0.3) is 0 Å². The molecule has 0 aliphatic carbocycles. The first-order valence-electron chi connectivity index (χ1n) is 3.83. The first-order chi connectivity index (χ1) is 5.86. The minimum atomic E-state index is -1.16. The number of hydrogen-bond acceptors (Lipinski definition) is 3. The van der Waals surface area contributed by atoms with Crippen molar-refractivity contribution in [2.45, 2.75) is 26.8 Å². The summed E-state index contributed by atoms with van der Waals surface area (Å²) >= 11 is 0. The van der Waals surface area contributed by atoms with Gasteiger partial charge in [0.05, 0.1) is 6.04 Å². The Bertz CT molecular complexity index is 252. The maximum atomic E-state index is 11.0. The molecule has 0 saturated carbocycles. The third-order valence-electron chi connectivity index (χ3n) is 1.38. The average Bonchev–Trinajstić information content (AvgIpc) is 1.97. The molecule has 1 atom stereocenters. The van der Waals surface area contributed by atoms with Gasteiger partial charge in [-0.15, -0.1) is 0 Å². The second kappa shape index (κ2) is 4.61. The molecule has 0 fully saturated rings. The predicted molar refractivity (Wildman–Crippen MR) is 47.8 cm³/mol. The van der Waals surface area contributed by atoms with Crippen LogP contribution in [0.3, 0.4) is 0 Å². The highest BCUT2D eigenvalue weighted by Gasteiger charge is 2.15. The molecule has 0 bridgehead atoms. The van der Waals surface area contributed by atoms with Crippen LogP contribution in [0.1, 0.15) is 20.8 Å². The van der Waals surface area contributed by atoms with Gasteiger partial charge in [-0.25, -0.2) is 4.79 Å². The molecule has 0 heterocycles. The molecule has 0 aliphatic heterocycles. The maximum Gasteiger partial charge on any atom is 0.352 e. The molecule has 0 aromatic carbocycles. The van der Waals surface area contributed by atoms with Crippen LogP contribution < -0.4 is 11.1 Å². The van der Waals surface area contributed by atoms with Crippen molar-refractivity contribution in [3.8, 4) is 0 Å². The molecule has 0 aromatic rings. The summed E-state index contributed by atoms with van der Waals surface area (Å²) in [4.78, 5) is 21.6. The monoisotopic (exact) mass is 186 g/mol. The third-order valence-corrected chi connectivity index (χ3v) is 1.38. The van der Waals surface area contributed by atoms with Crippen molar-refractivity contribution < 1.29 is 14.7 Å². The van der Waals surface area contributed by atoms with E-state index in [0.29, 0.717) is 5.57 Å². The summed E-state index contributed by atoms with van der Waals surface area (Å²) < 4.78 is 0. The highest BCUT2D eigenvalue weighted by atomic mass is 16.4. The van der Waals surface area contributed by atoms with Gasteiger partial charge < -0.3 is 16.2 Å². The van der Waals surface area contributed by atoms with Crippen molar-refractivity contribution in [3.05, 3.63) is 11.3 Å². The number of carboxylic acids is 1. The summed E-state index contributed by atoms with van der Waals surface area (Å²) in [6.45, 7) is 4.69. The van der Waals surface area contributed by atoms with Crippen LogP contribution >= 0.6 is 0 Å². The van der Waals surface area contributed by atoms with Gasteiger partial charge in [0, 0.05) is 0 Å². The molecular weight excluding hydrogens is 172 g/mol. The lowest BCUT2D eigenvalue weighted by Crippen LogP contribution is -2.39. The van der Waals surface area contributed by atoms with Gasteiger partial charge in [0.15, 0.2) is 0 Å². The Labute approximate surface area is 76.6 Å². The van der Waals surface area contributed by atoms with E-state index in [-0.39, 0.29) is 5.70 Å². The van der Waals surface area contributed by atoms with Crippen molar-refractivity contribution in [2.75, 3.05) is 0 Å². The van der Waals surface area contributed by atoms with E-state index in [4.69, 9.17) is 10.8 Å². The van der Waals surface area contributed by atoms with Gasteiger partial charge in [0.2, 0.25) is 5.91 Å². The SMILES string of the molecule is CC(C)=C(NC(=O)C(C)N)C(=O)O. The highest BCUT2D eigenvalue weighted by Crippen LogP contribution is 1.99. The van der Waals surface area contributed by atoms with E-state index in [1.165, 1.54) is 6.92 Å². The molecule has 13 heavy (non-hydrogen) atoms. The quantitative estimate of drug-likeness (QED) is 0.533. The van der Waals surface area contributed by atoms with Gasteiger partial charge in [-0.2, -0.15) is 0 Å². The Kier molecular flexibility index (Phi) is 4.13. The second-order valence-electron chi connectivity index (χ2n) is 2.96. The highest BCUT2D eigenvalue weighted by molar-refractivity contribution is 5.94. The van der Waals surface area contributed by atoms with Gasteiger partial charge in [-0.3, -0.25) is 4.79 Å². The summed E-state index contributed by atoms with van der Waals surface area (Å²) in [6, 6.07) is -0.714. The van der Waals surface area contributed by atoms with E-state index in [9.17, 15) is 9.59 Å². The molecule has 5 nitrogen and oxygen atoms in total. The Hall–Kier alpha value is -1.36. The number of rotatable bonds is 3. The largest absolute Gasteiger partial charge is 0.477 e. The lowest BCUT2D eigenvalue weighted by atomic mass is 10.2. The number of hydrogen-bond donors (Lipinski definition) is 3. The lowest BCUT2D eigenvalue weighted by Gasteiger charge is -2.09. The summed E-state index contributed by atoms with van der Waals surface area (Å²) in [5.41, 5.74) is 5.68. The smallest absolute Gasteiger partial charge is 0.352 e. The number of aliphatic carboxylic acids is 1. The molecule has 1 unspecified atom stereocenters. The number of nitrogens with two attached hydrogens (primary N) is 1. The van der Waals surface area contributed by atoms with Crippen LogP contribution in [0.4, 0.5) is 0 Å². The van der Waals surface area contributed by atoms with Crippen LogP contribution in [0, 0.1) is 0 Å². The maximum absolute atomic E-state index is 11.0. The lowest BCUT2D eigenvalue weighted by molar-refractivity contribution is -0.134. The molecule has 4 N–H and O–H groups in total. The summed E-state index contributed by atoms with van der Waals surface area (Å²) in [5.74, 6) is -1.66. The first kappa shape index (κ1) is 11.6. The van der Waals surface area contributed by atoms with Crippen LogP contribution in [0.15, 0.2) is 11.3 Å². The minimum absolute atomic E-state index is 0.109. The van der Waals surface area contributed by atoms with Crippen molar-refractivity contribution in [2.24, 2.45) is 5.73 Å². The normalized spacial score (nSPS) is 11.7. The average molecular weight is 186 g/mol.